The first kappa shape index (κ1) is 10.8. The zero-order valence-electron chi connectivity index (χ0n) is 6.49. The van der Waals surface area contributed by atoms with E-state index in [1.54, 1.807) is 0 Å². The van der Waals surface area contributed by atoms with Crippen molar-refractivity contribution in [2.45, 2.75) is 12.8 Å². The molecule has 12 heavy (non-hydrogen) atoms. The number of alkyl halides is 1. The minimum Gasteiger partial charge on any atom is -0.0928 e. The Balaban J connectivity index is 2.69. The predicted octanol–water partition coefficient (Wildman–Crippen LogP) is 4.27. The molecule has 1 aromatic rings. The second-order valence-corrected chi connectivity index (χ2v) is 4.90. The van der Waals surface area contributed by atoms with Crippen molar-refractivity contribution in [3.05, 3.63) is 32.4 Å². The molecule has 0 atom stereocenters. The molecule has 1 rings (SSSR count). The van der Waals surface area contributed by atoms with Gasteiger partial charge in [-0.1, -0.05) is 33.6 Å². The lowest BCUT2D eigenvalue weighted by atomic mass is 10.1. The zero-order chi connectivity index (χ0) is 8.97. The summed E-state index contributed by atoms with van der Waals surface area (Å²) in [6.07, 6.45) is 2.30. The molecule has 0 fully saturated rings. The van der Waals surface area contributed by atoms with Crippen LogP contribution in [0.4, 0.5) is 0 Å². The number of rotatable bonds is 3. The average molecular weight is 359 g/mol. The van der Waals surface area contributed by atoms with Gasteiger partial charge in [-0.3, -0.25) is 0 Å². The highest BCUT2D eigenvalue weighted by molar-refractivity contribution is 14.1. The highest BCUT2D eigenvalue weighted by Gasteiger charge is 1.97. The van der Waals surface area contributed by atoms with Gasteiger partial charge in [0.25, 0.3) is 0 Å². The van der Waals surface area contributed by atoms with E-state index in [0.717, 1.165) is 20.3 Å². The van der Waals surface area contributed by atoms with E-state index in [2.05, 4.69) is 50.7 Å². The minimum absolute atomic E-state index is 0.846. The second kappa shape index (κ2) is 5.45. The Morgan fingerprint density at radius 1 is 1.42 bits per heavy atom. The van der Waals surface area contributed by atoms with Gasteiger partial charge in [-0.2, -0.15) is 0 Å². The molecule has 1 aromatic carbocycles. The van der Waals surface area contributed by atoms with Crippen molar-refractivity contribution in [3.8, 4) is 0 Å². The van der Waals surface area contributed by atoms with Crippen LogP contribution < -0.4 is 0 Å². The minimum atomic E-state index is 0.846. The first-order valence-electron chi connectivity index (χ1n) is 3.74. The summed E-state index contributed by atoms with van der Waals surface area (Å²) in [4.78, 5) is 0. The Morgan fingerprint density at radius 2 is 2.17 bits per heavy atom. The number of hydrogen-bond acceptors (Lipinski definition) is 0. The fourth-order valence-electron chi connectivity index (χ4n) is 0.966. The number of hydrogen-bond donors (Lipinski definition) is 0. The zero-order valence-corrected chi connectivity index (χ0v) is 11.0. The monoisotopic (exact) mass is 358 g/mol. The lowest BCUT2D eigenvalue weighted by Gasteiger charge is -2.01. The van der Waals surface area contributed by atoms with E-state index in [1.165, 1.54) is 12.0 Å². The summed E-state index contributed by atoms with van der Waals surface area (Å²) >= 11 is 11.6. The number of halogens is 3. The van der Waals surface area contributed by atoms with Crippen LogP contribution in [-0.2, 0) is 6.42 Å². The van der Waals surface area contributed by atoms with Crippen molar-refractivity contribution in [1.29, 1.82) is 0 Å². The summed E-state index contributed by atoms with van der Waals surface area (Å²) < 4.78 is 1.14. The molecule has 0 amide bonds. The summed E-state index contributed by atoms with van der Waals surface area (Å²) in [6.45, 7) is 0. The van der Waals surface area contributed by atoms with Gasteiger partial charge in [0.2, 0.25) is 0 Å². The Kier molecular flexibility index (Phi) is 4.90. The highest BCUT2D eigenvalue weighted by Crippen LogP contribution is 2.20. The molecule has 0 aliphatic carbocycles. The molecule has 0 aromatic heterocycles. The molecule has 0 aliphatic heterocycles. The van der Waals surface area contributed by atoms with Crippen molar-refractivity contribution < 1.29 is 0 Å². The normalized spacial score (nSPS) is 10.2. The molecule has 0 heterocycles. The summed E-state index contributed by atoms with van der Waals surface area (Å²) in [7, 11) is 0. The quantitative estimate of drug-likeness (QED) is 0.558. The van der Waals surface area contributed by atoms with Crippen LogP contribution in [0.1, 0.15) is 12.0 Å². The van der Waals surface area contributed by atoms with E-state index >= 15 is 0 Å². The molecule has 0 radical (unpaired) electrons. The summed E-state index contributed by atoms with van der Waals surface area (Å²) in [6, 6.07) is 6.20. The Bertz CT molecular complexity index is 263. The maximum Gasteiger partial charge on any atom is 0.0539 e. The fraction of sp³-hybridized carbons (Fsp3) is 0.333. The smallest absolute Gasteiger partial charge is 0.0539 e. The van der Waals surface area contributed by atoms with Gasteiger partial charge in [-0.05, 0) is 53.1 Å². The Labute approximate surface area is 100.0 Å². The van der Waals surface area contributed by atoms with Gasteiger partial charge >= 0.3 is 0 Å². The standard InChI is InChI=1S/C9H9BrClI/c10-5-1-2-7-3-4-8(11)9(12)6-7/h3-4,6H,1-2,5H2. The largest absolute Gasteiger partial charge is 0.0928 e. The van der Waals surface area contributed by atoms with E-state index in [4.69, 9.17) is 11.6 Å². The average Bonchev–Trinajstić information content (AvgIpc) is 2.07. The van der Waals surface area contributed by atoms with Gasteiger partial charge in [0.15, 0.2) is 0 Å². The third-order valence-electron chi connectivity index (χ3n) is 1.58. The summed E-state index contributed by atoms with van der Waals surface area (Å²) in [5.41, 5.74) is 1.36. The van der Waals surface area contributed by atoms with E-state index in [1.807, 2.05) is 6.07 Å². The van der Waals surface area contributed by atoms with Gasteiger partial charge in [-0.25, -0.2) is 0 Å². The maximum absolute atomic E-state index is 5.90. The van der Waals surface area contributed by atoms with Crippen molar-refractivity contribution in [3.63, 3.8) is 0 Å². The van der Waals surface area contributed by atoms with E-state index in [-0.39, 0.29) is 0 Å². The first-order valence-corrected chi connectivity index (χ1v) is 6.31. The van der Waals surface area contributed by atoms with E-state index in [0.29, 0.717) is 0 Å². The molecule has 0 saturated heterocycles. The van der Waals surface area contributed by atoms with E-state index < -0.39 is 0 Å². The van der Waals surface area contributed by atoms with Gasteiger partial charge in [0.05, 0.1) is 5.02 Å². The van der Waals surface area contributed by atoms with Gasteiger partial charge in [0, 0.05) is 8.90 Å². The number of aryl methyl sites for hydroxylation is 1. The fourth-order valence-corrected chi connectivity index (χ4v) is 1.94. The van der Waals surface area contributed by atoms with Gasteiger partial charge < -0.3 is 0 Å². The van der Waals surface area contributed by atoms with Crippen LogP contribution in [0.15, 0.2) is 18.2 Å². The van der Waals surface area contributed by atoms with Crippen molar-refractivity contribution in [2.24, 2.45) is 0 Å². The molecule has 0 N–H and O–H groups in total. The molecular formula is C9H9BrClI. The van der Waals surface area contributed by atoms with Crippen molar-refractivity contribution >= 4 is 50.1 Å². The third-order valence-corrected chi connectivity index (χ3v) is 3.68. The molecule has 66 valence electrons. The van der Waals surface area contributed by atoms with Gasteiger partial charge in [-0.15, -0.1) is 0 Å². The van der Waals surface area contributed by atoms with Crippen LogP contribution >= 0.6 is 50.1 Å². The molecule has 0 aliphatic rings. The topological polar surface area (TPSA) is 0 Å². The lowest BCUT2D eigenvalue weighted by molar-refractivity contribution is 0.938. The lowest BCUT2D eigenvalue weighted by Crippen LogP contribution is -1.87. The molecule has 3 heteroatoms. The molecule has 0 bridgehead atoms. The molecule has 0 spiro atoms. The van der Waals surface area contributed by atoms with Gasteiger partial charge in [0.1, 0.15) is 0 Å². The molecule has 0 unspecified atom stereocenters. The first-order chi connectivity index (χ1) is 5.74. The molecule has 0 saturated carbocycles. The Morgan fingerprint density at radius 3 is 2.75 bits per heavy atom. The molecule has 0 nitrogen and oxygen atoms in total. The van der Waals surface area contributed by atoms with Crippen molar-refractivity contribution in [1.82, 2.24) is 0 Å². The van der Waals surface area contributed by atoms with Crippen molar-refractivity contribution in [2.75, 3.05) is 5.33 Å². The van der Waals surface area contributed by atoms with Crippen LogP contribution in [0, 0.1) is 3.57 Å². The van der Waals surface area contributed by atoms with Crippen LogP contribution in [0.25, 0.3) is 0 Å². The predicted molar refractivity (Wildman–Crippen MR) is 66.3 cm³/mol. The van der Waals surface area contributed by atoms with Crippen LogP contribution in [-0.4, -0.2) is 5.33 Å². The second-order valence-electron chi connectivity index (χ2n) is 2.54. The number of benzene rings is 1. The maximum atomic E-state index is 5.90. The SMILES string of the molecule is Clc1ccc(CCCBr)cc1I. The molecular weight excluding hydrogens is 350 g/mol. The Hall–Kier alpha value is 0.720. The third kappa shape index (κ3) is 3.23. The van der Waals surface area contributed by atoms with Crippen LogP contribution in [0.5, 0.6) is 0 Å². The summed E-state index contributed by atoms with van der Waals surface area (Å²) in [5, 5.41) is 1.91. The highest BCUT2D eigenvalue weighted by atomic mass is 127. The van der Waals surface area contributed by atoms with E-state index in [9.17, 15) is 0 Å². The van der Waals surface area contributed by atoms with Crippen LogP contribution in [0.3, 0.4) is 0 Å². The summed E-state index contributed by atoms with van der Waals surface area (Å²) in [5.74, 6) is 0. The van der Waals surface area contributed by atoms with Crippen LogP contribution in [0.2, 0.25) is 5.02 Å².